The first-order valence-corrected chi connectivity index (χ1v) is 9.04. The first-order valence-electron chi connectivity index (χ1n) is 9.04. The second-order valence-electron chi connectivity index (χ2n) is 7.04. The van der Waals surface area contributed by atoms with Gasteiger partial charge in [-0.05, 0) is 42.5 Å². The van der Waals surface area contributed by atoms with Gasteiger partial charge in [0.15, 0.2) is 6.61 Å². The zero-order valence-electron chi connectivity index (χ0n) is 14.6. The van der Waals surface area contributed by atoms with Gasteiger partial charge in [0.1, 0.15) is 5.75 Å². The zero-order valence-corrected chi connectivity index (χ0v) is 14.6. The molecule has 2 aliphatic rings. The summed E-state index contributed by atoms with van der Waals surface area (Å²) in [5.41, 5.74) is 2.65. The number of carbonyl (C=O) groups excluding carboxylic acids is 2. The van der Waals surface area contributed by atoms with E-state index in [1.807, 2.05) is 53.4 Å². The summed E-state index contributed by atoms with van der Waals surface area (Å²) < 4.78 is 5.64. The molecule has 0 saturated heterocycles. The molecule has 0 unspecified atom stereocenters. The Morgan fingerprint density at radius 1 is 1.15 bits per heavy atom. The summed E-state index contributed by atoms with van der Waals surface area (Å²) in [6, 6.07) is 15.2. The van der Waals surface area contributed by atoms with Crippen LogP contribution in [0.5, 0.6) is 5.75 Å². The largest absolute Gasteiger partial charge is 0.483 e. The molecular weight excluding hydrogens is 328 g/mol. The van der Waals surface area contributed by atoms with Crippen LogP contribution in [0.1, 0.15) is 24.0 Å². The summed E-state index contributed by atoms with van der Waals surface area (Å²) in [5.74, 6) is 1.33. The molecule has 0 aromatic heterocycles. The normalized spacial score (nSPS) is 16.5. The molecule has 1 aliphatic heterocycles. The van der Waals surface area contributed by atoms with Crippen molar-refractivity contribution in [1.82, 2.24) is 4.90 Å². The van der Waals surface area contributed by atoms with Crippen molar-refractivity contribution in [2.24, 2.45) is 5.92 Å². The average molecular weight is 350 g/mol. The summed E-state index contributed by atoms with van der Waals surface area (Å²) in [7, 11) is 0. The summed E-state index contributed by atoms with van der Waals surface area (Å²) in [5, 5.41) is 2.94. The molecule has 2 aromatic rings. The van der Waals surface area contributed by atoms with Crippen molar-refractivity contribution in [2.45, 2.75) is 25.8 Å². The van der Waals surface area contributed by atoms with Crippen LogP contribution in [0.2, 0.25) is 0 Å². The van der Waals surface area contributed by atoms with E-state index in [4.69, 9.17) is 4.74 Å². The number of nitrogens with one attached hydrogen (secondary N) is 1. The second kappa shape index (κ2) is 7.20. The number of carbonyl (C=O) groups is 2. The summed E-state index contributed by atoms with van der Waals surface area (Å²) in [6.07, 6.45) is 2.74. The van der Waals surface area contributed by atoms with E-state index in [1.165, 1.54) is 12.8 Å². The molecule has 0 bridgehead atoms. The Labute approximate surface area is 153 Å². The van der Waals surface area contributed by atoms with E-state index < -0.39 is 0 Å². The van der Waals surface area contributed by atoms with Gasteiger partial charge in [0.05, 0.1) is 6.42 Å². The van der Waals surface area contributed by atoms with Gasteiger partial charge in [-0.2, -0.15) is 0 Å². The van der Waals surface area contributed by atoms with Crippen molar-refractivity contribution < 1.29 is 14.3 Å². The van der Waals surface area contributed by atoms with Gasteiger partial charge >= 0.3 is 0 Å². The van der Waals surface area contributed by atoms with E-state index in [0.29, 0.717) is 18.9 Å². The molecule has 1 N–H and O–H groups in total. The van der Waals surface area contributed by atoms with Gasteiger partial charge in [0.25, 0.3) is 5.91 Å². The number of rotatable bonds is 5. The minimum absolute atomic E-state index is 0.0303. The Morgan fingerprint density at radius 2 is 1.96 bits per heavy atom. The van der Waals surface area contributed by atoms with Crippen LogP contribution < -0.4 is 10.1 Å². The van der Waals surface area contributed by atoms with Gasteiger partial charge in [-0.3, -0.25) is 9.59 Å². The quantitative estimate of drug-likeness (QED) is 0.902. The van der Waals surface area contributed by atoms with Crippen LogP contribution in [-0.4, -0.2) is 29.9 Å². The summed E-state index contributed by atoms with van der Waals surface area (Å²) >= 11 is 0. The van der Waals surface area contributed by atoms with Crippen LogP contribution in [0.3, 0.4) is 0 Å². The van der Waals surface area contributed by atoms with Crippen molar-refractivity contribution >= 4 is 17.5 Å². The third kappa shape index (κ3) is 4.04. The Bertz CT molecular complexity index is 815. The van der Waals surface area contributed by atoms with E-state index in [9.17, 15) is 9.59 Å². The number of nitrogens with zero attached hydrogens (tertiary/aromatic N) is 1. The van der Waals surface area contributed by atoms with Crippen molar-refractivity contribution in [3.8, 4) is 5.75 Å². The van der Waals surface area contributed by atoms with Gasteiger partial charge in [0.2, 0.25) is 5.91 Å². The van der Waals surface area contributed by atoms with Gasteiger partial charge in [0, 0.05) is 24.3 Å². The predicted molar refractivity (Wildman–Crippen MR) is 98.9 cm³/mol. The molecule has 134 valence electrons. The molecular formula is C21H22N2O3. The summed E-state index contributed by atoms with van der Waals surface area (Å²) in [4.78, 5) is 26.4. The number of benzene rings is 2. The lowest BCUT2D eigenvalue weighted by molar-refractivity contribution is -0.133. The highest BCUT2D eigenvalue weighted by Gasteiger charge is 2.29. The Balaban J connectivity index is 1.45. The monoisotopic (exact) mass is 350 g/mol. The van der Waals surface area contributed by atoms with Crippen LogP contribution in [0, 0.1) is 5.92 Å². The molecule has 5 nitrogen and oxygen atoms in total. The third-order valence-corrected chi connectivity index (χ3v) is 4.79. The molecule has 2 amide bonds. The highest BCUT2D eigenvalue weighted by Crippen LogP contribution is 2.32. The van der Waals surface area contributed by atoms with Crippen LogP contribution >= 0.6 is 0 Å². The maximum Gasteiger partial charge on any atom is 0.260 e. The molecule has 1 fully saturated rings. The SMILES string of the molecule is O=C(Cc1ccccc1)Nc1ccc2c(c1)CN(CC1CC1)C(=O)CO2. The first-order chi connectivity index (χ1) is 12.7. The fourth-order valence-corrected chi connectivity index (χ4v) is 3.21. The number of amides is 2. The first kappa shape index (κ1) is 16.6. The second-order valence-corrected chi connectivity index (χ2v) is 7.04. The fraction of sp³-hybridized carbons (Fsp3) is 0.333. The standard InChI is InChI=1S/C21H22N2O3/c24-20(10-15-4-2-1-3-5-15)22-18-8-9-19-17(11-18)13-23(12-16-6-7-16)21(25)14-26-19/h1-5,8-9,11,16H,6-7,10,12-14H2,(H,22,24). The maximum atomic E-state index is 12.3. The number of ether oxygens (including phenoxy) is 1. The molecule has 5 heteroatoms. The van der Waals surface area contributed by atoms with Gasteiger partial charge in [-0.1, -0.05) is 30.3 Å². The number of hydrogen-bond acceptors (Lipinski definition) is 3. The average Bonchev–Trinajstić information content (AvgIpc) is 3.46. The zero-order chi connectivity index (χ0) is 17.9. The van der Waals surface area contributed by atoms with Crippen LogP contribution in [0.4, 0.5) is 5.69 Å². The Kier molecular flexibility index (Phi) is 4.61. The molecule has 1 saturated carbocycles. The molecule has 4 rings (SSSR count). The van der Waals surface area contributed by atoms with E-state index in [1.54, 1.807) is 0 Å². The van der Waals surface area contributed by atoms with Crippen molar-refractivity contribution in [3.63, 3.8) is 0 Å². The molecule has 2 aromatic carbocycles. The molecule has 0 spiro atoms. The highest BCUT2D eigenvalue weighted by atomic mass is 16.5. The summed E-state index contributed by atoms with van der Waals surface area (Å²) in [6.45, 7) is 1.42. The molecule has 26 heavy (non-hydrogen) atoms. The smallest absolute Gasteiger partial charge is 0.260 e. The number of hydrogen-bond donors (Lipinski definition) is 1. The Morgan fingerprint density at radius 3 is 2.73 bits per heavy atom. The minimum atomic E-state index is -0.0587. The van der Waals surface area contributed by atoms with Crippen LogP contribution in [0.15, 0.2) is 48.5 Å². The molecule has 0 atom stereocenters. The minimum Gasteiger partial charge on any atom is -0.483 e. The lowest BCUT2D eigenvalue weighted by Gasteiger charge is -2.19. The fourth-order valence-electron chi connectivity index (χ4n) is 3.21. The molecule has 0 radical (unpaired) electrons. The maximum absolute atomic E-state index is 12.3. The van der Waals surface area contributed by atoms with Crippen molar-refractivity contribution in [3.05, 3.63) is 59.7 Å². The number of fused-ring (bicyclic) bond motifs is 1. The molecule has 1 heterocycles. The topological polar surface area (TPSA) is 58.6 Å². The van der Waals surface area contributed by atoms with E-state index in [-0.39, 0.29) is 18.4 Å². The lowest BCUT2D eigenvalue weighted by Crippen LogP contribution is -2.34. The van der Waals surface area contributed by atoms with Crippen molar-refractivity contribution in [1.29, 1.82) is 0 Å². The molecule has 1 aliphatic carbocycles. The van der Waals surface area contributed by atoms with E-state index >= 15 is 0 Å². The Hall–Kier alpha value is -2.82. The van der Waals surface area contributed by atoms with E-state index in [2.05, 4.69) is 5.32 Å². The number of anilines is 1. The van der Waals surface area contributed by atoms with Gasteiger partial charge < -0.3 is 15.0 Å². The highest BCUT2D eigenvalue weighted by molar-refractivity contribution is 5.92. The lowest BCUT2D eigenvalue weighted by atomic mass is 10.1. The van der Waals surface area contributed by atoms with Crippen molar-refractivity contribution in [2.75, 3.05) is 18.5 Å². The van der Waals surface area contributed by atoms with E-state index in [0.717, 1.165) is 29.1 Å². The van der Waals surface area contributed by atoms with Crippen LogP contribution in [0.25, 0.3) is 0 Å². The van der Waals surface area contributed by atoms with Gasteiger partial charge in [-0.25, -0.2) is 0 Å². The third-order valence-electron chi connectivity index (χ3n) is 4.79. The van der Waals surface area contributed by atoms with Crippen LogP contribution in [-0.2, 0) is 22.6 Å². The van der Waals surface area contributed by atoms with Gasteiger partial charge in [-0.15, -0.1) is 0 Å². The predicted octanol–water partition coefficient (Wildman–Crippen LogP) is 3.00.